The minimum atomic E-state index is -0.312. The van der Waals surface area contributed by atoms with E-state index in [-0.39, 0.29) is 24.9 Å². The molecule has 0 bridgehead atoms. The van der Waals surface area contributed by atoms with E-state index in [1.54, 1.807) is 37.3 Å². The number of methoxy groups -OCH3 is 2. The maximum atomic E-state index is 11.3. The summed E-state index contributed by atoms with van der Waals surface area (Å²) in [6.07, 6.45) is 0. The number of rotatable bonds is 3. The molecule has 2 amide bonds. The lowest BCUT2D eigenvalue weighted by Gasteiger charge is -2.27. The molecule has 0 saturated carbocycles. The SMILES string of the molecule is COc1cc(OC)cc(N2CC(=O)NC(=O)C2)c1. The van der Waals surface area contributed by atoms with E-state index in [4.69, 9.17) is 9.47 Å². The van der Waals surface area contributed by atoms with Gasteiger partial charge in [-0.05, 0) is 0 Å². The maximum absolute atomic E-state index is 11.3. The van der Waals surface area contributed by atoms with Crippen molar-refractivity contribution in [1.29, 1.82) is 0 Å². The van der Waals surface area contributed by atoms with Crippen LogP contribution in [0, 0.1) is 0 Å². The number of benzene rings is 1. The summed E-state index contributed by atoms with van der Waals surface area (Å²) in [6, 6.07) is 5.25. The number of amides is 2. The Morgan fingerprint density at radius 1 is 1.00 bits per heavy atom. The fourth-order valence-corrected chi connectivity index (χ4v) is 1.79. The molecule has 1 N–H and O–H groups in total. The van der Waals surface area contributed by atoms with Crippen molar-refractivity contribution in [3.63, 3.8) is 0 Å². The number of nitrogens with zero attached hydrogens (tertiary/aromatic N) is 1. The zero-order chi connectivity index (χ0) is 13.1. The number of piperazine rings is 1. The number of carbonyl (C=O) groups excluding carboxylic acids is 2. The molecule has 1 aromatic carbocycles. The Hall–Kier alpha value is -2.24. The smallest absolute Gasteiger partial charge is 0.246 e. The van der Waals surface area contributed by atoms with Crippen molar-refractivity contribution >= 4 is 17.5 Å². The molecular formula is C12H14N2O4. The Balaban J connectivity index is 2.31. The third-order valence-electron chi connectivity index (χ3n) is 2.65. The molecule has 1 aliphatic rings. The van der Waals surface area contributed by atoms with E-state index in [9.17, 15) is 9.59 Å². The van der Waals surface area contributed by atoms with Crippen molar-refractivity contribution < 1.29 is 19.1 Å². The Bertz CT molecular complexity index is 449. The van der Waals surface area contributed by atoms with Crippen LogP contribution in [-0.4, -0.2) is 39.1 Å². The summed E-state index contributed by atoms with van der Waals surface area (Å²) >= 11 is 0. The van der Waals surface area contributed by atoms with Crippen molar-refractivity contribution in [2.24, 2.45) is 0 Å². The average molecular weight is 250 g/mol. The van der Waals surface area contributed by atoms with Gasteiger partial charge in [-0.3, -0.25) is 14.9 Å². The summed E-state index contributed by atoms with van der Waals surface area (Å²) < 4.78 is 10.3. The Morgan fingerprint density at radius 2 is 1.50 bits per heavy atom. The molecule has 0 atom stereocenters. The van der Waals surface area contributed by atoms with Crippen LogP contribution >= 0.6 is 0 Å². The Morgan fingerprint density at radius 3 is 1.94 bits per heavy atom. The van der Waals surface area contributed by atoms with Crippen LogP contribution in [0.3, 0.4) is 0 Å². The summed E-state index contributed by atoms with van der Waals surface area (Å²) in [4.78, 5) is 24.3. The fourth-order valence-electron chi connectivity index (χ4n) is 1.79. The summed E-state index contributed by atoms with van der Waals surface area (Å²) in [5.74, 6) is 0.603. The molecule has 6 heteroatoms. The molecule has 18 heavy (non-hydrogen) atoms. The van der Waals surface area contributed by atoms with Crippen molar-refractivity contribution in [2.45, 2.75) is 0 Å². The normalized spacial score (nSPS) is 15.3. The van der Waals surface area contributed by atoms with Gasteiger partial charge < -0.3 is 14.4 Å². The number of hydrogen-bond donors (Lipinski definition) is 1. The summed E-state index contributed by atoms with van der Waals surface area (Å²) in [5.41, 5.74) is 0.717. The zero-order valence-electron chi connectivity index (χ0n) is 10.2. The maximum Gasteiger partial charge on any atom is 0.246 e. The van der Waals surface area contributed by atoms with E-state index >= 15 is 0 Å². The molecule has 6 nitrogen and oxygen atoms in total. The third kappa shape index (κ3) is 2.53. The second kappa shape index (κ2) is 4.95. The van der Waals surface area contributed by atoms with Crippen LogP contribution in [-0.2, 0) is 9.59 Å². The first-order valence-corrected chi connectivity index (χ1v) is 5.43. The molecule has 1 aromatic rings. The predicted octanol–water partition coefficient (Wildman–Crippen LogP) is 0.167. The van der Waals surface area contributed by atoms with E-state index in [1.165, 1.54) is 0 Å². The Kier molecular flexibility index (Phi) is 3.36. The van der Waals surface area contributed by atoms with Crippen LogP contribution < -0.4 is 19.7 Å². The average Bonchev–Trinajstić information content (AvgIpc) is 2.37. The van der Waals surface area contributed by atoms with Gasteiger partial charge in [-0.1, -0.05) is 0 Å². The molecule has 0 aliphatic carbocycles. The van der Waals surface area contributed by atoms with Crippen LogP contribution in [0.15, 0.2) is 18.2 Å². The van der Waals surface area contributed by atoms with Gasteiger partial charge in [-0.25, -0.2) is 0 Å². The van der Waals surface area contributed by atoms with E-state index in [0.29, 0.717) is 11.5 Å². The van der Waals surface area contributed by atoms with Gasteiger partial charge in [0.2, 0.25) is 11.8 Å². The second-order valence-electron chi connectivity index (χ2n) is 3.90. The van der Waals surface area contributed by atoms with Gasteiger partial charge in [-0.15, -0.1) is 0 Å². The van der Waals surface area contributed by atoms with Crippen molar-refractivity contribution in [3.8, 4) is 11.5 Å². The van der Waals surface area contributed by atoms with Crippen LogP contribution in [0.1, 0.15) is 0 Å². The van der Waals surface area contributed by atoms with Gasteiger partial charge in [-0.2, -0.15) is 0 Å². The quantitative estimate of drug-likeness (QED) is 0.774. The number of carbonyl (C=O) groups is 2. The lowest BCUT2D eigenvalue weighted by Crippen LogP contribution is -2.51. The molecule has 96 valence electrons. The first-order valence-electron chi connectivity index (χ1n) is 5.43. The van der Waals surface area contributed by atoms with Crippen LogP contribution in [0.2, 0.25) is 0 Å². The van der Waals surface area contributed by atoms with E-state index in [1.807, 2.05) is 0 Å². The molecule has 0 aromatic heterocycles. The number of imide groups is 1. The highest BCUT2D eigenvalue weighted by Crippen LogP contribution is 2.28. The molecular weight excluding hydrogens is 236 g/mol. The van der Waals surface area contributed by atoms with Gasteiger partial charge in [0, 0.05) is 23.9 Å². The first kappa shape index (κ1) is 12.2. The molecule has 1 aliphatic heterocycles. The molecule has 1 heterocycles. The number of hydrogen-bond acceptors (Lipinski definition) is 5. The number of ether oxygens (including phenoxy) is 2. The zero-order valence-corrected chi connectivity index (χ0v) is 10.2. The minimum Gasteiger partial charge on any atom is -0.497 e. The van der Waals surface area contributed by atoms with E-state index in [2.05, 4.69) is 5.32 Å². The van der Waals surface area contributed by atoms with Gasteiger partial charge in [0.05, 0.1) is 27.3 Å². The van der Waals surface area contributed by atoms with Crippen LogP contribution in [0.25, 0.3) is 0 Å². The molecule has 0 radical (unpaired) electrons. The summed E-state index contributed by atoms with van der Waals surface area (Å²) in [5, 5.41) is 2.25. The molecule has 1 fully saturated rings. The Labute approximate surface area is 104 Å². The van der Waals surface area contributed by atoms with Crippen LogP contribution in [0.5, 0.6) is 11.5 Å². The monoisotopic (exact) mass is 250 g/mol. The third-order valence-corrected chi connectivity index (χ3v) is 2.65. The van der Waals surface area contributed by atoms with Crippen molar-refractivity contribution in [3.05, 3.63) is 18.2 Å². The molecule has 1 saturated heterocycles. The highest BCUT2D eigenvalue weighted by atomic mass is 16.5. The van der Waals surface area contributed by atoms with Gasteiger partial charge in [0.25, 0.3) is 0 Å². The topological polar surface area (TPSA) is 67.9 Å². The van der Waals surface area contributed by atoms with Crippen LogP contribution in [0.4, 0.5) is 5.69 Å². The van der Waals surface area contributed by atoms with Gasteiger partial charge >= 0.3 is 0 Å². The van der Waals surface area contributed by atoms with Gasteiger partial charge in [0.1, 0.15) is 11.5 Å². The summed E-state index contributed by atoms with van der Waals surface area (Å²) in [6.45, 7) is 0.282. The van der Waals surface area contributed by atoms with E-state index < -0.39 is 0 Å². The fraction of sp³-hybridized carbons (Fsp3) is 0.333. The largest absolute Gasteiger partial charge is 0.497 e. The predicted molar refractivity (Wildman–Crippen MR) is 64.9 cm³/mol. The molecule has 2 rings (SSSR count). The second-order valence-corrected chi connectivity index (χ2v) is 3.90. The first-order chi connectivity index (χ1) is 8.62. The minimum absolute atomic E-state index is 0.141. The van der Waals surface area contributed by atoms with Crippen molar-refractivity contribution in [2.75, 3.05) is 32.2 Å². The summed E-state index contributed by atoms with van der Waals surface area (Å²) in [7, 11) is 3.10. The lowest BCUT2D eigenvalue weighted by atomic mass is 10.2. The number of anilines is 1. The molecule has 0 spiro atoms. The highest BCUT2D eigenvalue weighted by molar-refractivity contribution is 6.02. The standard InChI is InChI=1S/C12H14N2O4/c1-17-9-3-8(4-10(5-9)18-2)14-6-11(15)13-12(16)7-14/h3-5H,6-7H2,1-2H3,(H,13,15,16). The molecule has 0 unspecified atom stereocenters. The highest BCUT2D eigenvalue weighted by Gasteiger charge is 2.23. The lowest BCUT2D eigenvalue weighted by molar-refractivity contribution is -0.130. The van der Waals surface area contributed by atoms with Gasteiger partial charge in [0.15, 0.2) is 0 Å². The van der Waals surface area contributed by atoms with Crippen molar-refractivity contribution in [1.82, 2.24) is 5.32 Å². The van der Waals surface area contributed by atoms with E-state index in [0.717, 1.165) is 5.69 Å². The number of nitrogens with one attached hydrogen (secondary N) is 1.